The monoisotopic (exact) mass is 382 g/mol. The van der Waals surface area contributed by atoms with Gasteiger partial charge in [-0.05, 0) is 31.0 Å². The largest absolute Gasteiger partial charge is 0.381 e. The zero-order valence-electron chi connectivity index (χ0n) is 14.8. The summed E-state index contributed by atoms with van der Waals surface area (Å²) in [6.07, 6.45) is 3.33. The van der Waals surface area contributed by atoms with Crippen LogP contribution < -0.4 is 11.0 Å². The van der Waals surface area contributed by atoms with Gasteiger partial charge in [-0.3, -0.25) is 9.13 Å². The topological polar surface area (TPSA) is 86.9 Å². The maximum atomic E-state index is 12.8. The number of hydrogen-bond acceptors (Lipinski definition) is 7. The van der Waals surface area contributed by atoms with E-state index in [0.717, 1.165) is 34.3 Å². The van der Waals surface area contributed by atoms with Gasteiger partial charge in [0.1, 0.15) is 5.52 Å². The summed E-state index contributed by atoms with van der Waals surface area (Å²) in [5.41, 5.74) is 5.02. The number of fused-ring (bicyclic) bond motifs is 2. The molecule has 1 aliphatic rings. The quantitative estimate of drug-likeness (QED) is 0.586. The van der Waals surface area contributed by atoms with Crippen LogP contribution in [0.3, 0.4) is 0 Å². The number of anilines is 2. The molecule has 0 atom stereocenters. The predicted octanol–water partition coefficient (Wildman–Crippen LogP) is 2.83. The van der Waals surface area contributed by atoms with Crippen molar-refractivity contribution < 1.29 is 4.74 Å². The molecule has 1 aliphatic heterocycles. The molecule has 0 aliphatic carbocycles. The minimum absolute atomic E-state index is 0.0607. The Kier molecular flexibility index (Phi) is 3.91. The number of ether oxygens (including phenoxy) is 1. The van der Waals surface area contributed by atoms with Crippen molar-refractivity contribution in [3.05, 3.63) is 40.4 Å². The van der Waals surface area contributed by atoms with Crippen LogP contribution in [0.4, 0.5) is 11.6 Å². The Morgan fingerprint density at radius 2 is 2.11 bits per heavy atom. The molecule has 3 aromatic heterocycles. The molecule has 4 heterocycles. The number of thiazole rings is 1. The molecule has 0 bridgehead atoms. The highest BCUT2D eigenvalue weighted by Crippen LogP contribution is 2.26. The highest BCUT2D eigenvalue weighted by Gasteiger charge is 2.23. The van der Waals surface area contributed by atoms with E-state index in [0.29, 0.717) is 24.8 Å². The number of aromatic nitrogens is 5. The van der Waals surface area contributed by atoms with E-state index in [9.17, 15) is 4.79 Å². The Morgan fingerprint density at radius 3 is 2.96 bits per heavy atom. The second-order valence-electron chi connectivity index (χ2n) is 6.62. The first-order valence-electron chi connectivity index (χ1n) is 8.83. The molecular weight excluding hydrogens is 364 g/mol. The molecule has 9 heteroatoms. The minimum atomic E-state index is -0.0607. The van der Waals surface area contributed by atoms with E-state index >= 15 is 0 Å². The van der Waals surface area contributed by atoms with Crippen molar-refractivity contribution in [1.82, 2.24) is 24.1 Å². The lowest BCUT2D eigenvalue weighted by atomic mass is 10.1. The van der Waals surface area contributed by atoms with Gasteiger partial charge < -0.3 is 10.1 Å². The second kappa shape index (κ2) is 6.43. The van der Waals surface area contributed by atoms with Crippen molar-refractivity contribution in [2.45, 2.75) is 18.9 Å². The maximum absolute atomic E-state index is 12.8. The van der Waals surface area contributed by atoms with Gasteiger partial charge in [-0.25, -0.2) is 14.8 Å². The SMILES string of the molecule is Cn1c(=O)n(C2CCOCC2)c2nc(Nc3ccc4ncsc4c3)ncc21. The summed E-state index contributed by atoms with van der Waals surface area (Å²) in [5, 5.41) is 3.24. The first-order chi connectivity index (χ1) is 13.2. The molecule has 0 spiro atoms. The molecule has 1 N–H and O–H groups in total. The molecule has 27 heavy (non-hydrogen) atoms. The zero-order valence-corrected chi connectivity index (χ0v) is 15.6. The average Bonchev–Trinajstić information content (AvgIpc) is 3.25. The fourth-order valence-corrected chi connectivity index (χ4v) is 4.25. The summed E-state index contributed by atoms with van der Waals surface area (Å²) >= 11 is 1.59. The standard InChI is InChI=1S/C18H18N6O2S/c1-23-14-9-19-17(21-11-2-3-13-15(8-11)27-10-20-13)22-16(14)24(18(23)25)12-4-6-26-7-5-12/h2-3,8-10,12H,4-7H2,1H3,(H,19,21,22). The third-order valence-electron chi connectivity index (χ3n) is 4.98. The van der Waals surface area contributed by atoms with E-state index in [-0.39, 0.29) is 11.7 Å². The van der Waals surface area contributed by atoms with E-state index in [1.807, 2.05) is 23.7 Å². The van der Waals surface area contributed by atoms with Crippen LogP contribution in [0, 0.1) is 0 Å². The van der Waals surface area contributed by atoms with Crippen LogP contribution in [0.2, 0.25) is 0 Å². The fraction of sp³-hybridized carbons (Fsp3) is 0.333. The van der Waals surface area contributed by atoms with Crippen LogP contribution in [0.15, 0.2) is 34.7 Å². The van der Waals surface area contributed by atoms with Crippen LogP contribution in [-0.2, 0) is 11.8 Å². The van der Waals surface area contributed by atoms with Crippen molar-refractivity contribution in [2.75, 3.05) is 18.5 Å². The molecule has 0 radical (unpaired) electrons. The minimum Gasteiger partial charge on any atom is -0.381 e. The van der Waals surface area contributed by atoms with Gasteiger partial charge in [0.05, 0.1) is 21.9 Å². The molecule has 1 fully saturated rings. The van der Waals surface area contributed by atoms with E-state index in [2.05, 4.69) is 20.3 Å². The Morgan fingerprint density at radius 1 is 1.26 bits per heavy atom. The van der Waals surface area contributed by atoms with Crippen LogP contribution in [0.25, 0.3) is 21.4 Å². The first-order valence-corrected chi connectivity index (χ1v) is 9.70. The Hall–Kier alpha value is -2.78. The van der Waals surface area contributed by atoms with E-state index in [4.69, 9.17) is 4.74 Å². The van der Waals surface area contributed by atoms with Crippen molar-refractivity contribution in [2.24, 2.45) is 7.05 Å². The third-order valence-corrected chi connectivity index (χ3v) is 5.77. The van der Waals surface area contributed by atoms with E-state index in [1.165, 1.54) is 0 Å². The molecule has 0 amide bonds. The van der Waals surface area contributed by atoms with Gasteiger partial charge in [0.25, 0.3) is 0 Å². The second-order valence-corrected chi connectivity index (χ2v) is 7.50. The lowest BCUT2D eigenvalue weighted by Gasteiger charge is -2.22. The van der Waals surface area contributed by atoms with Crippen molar-refractivity contribution >= 4 is 44.4 Å². The average molecular weight is 382 g/mol. The molecule has 138 valence electrons. The lowest BCUT2D eigenvalue weighted by molar-refractivity contribution is 0.0695. The van der Waals surface area contributed by atoms with Crippen LogP contribution >= 0.6 is 11.3 Å². The fourth-order valence-electron chi connectivity index (χ4n) is 3.53. The Bertz CT molecular complexity index is 1190. The Labute approximate surface area is 158 Å². The third kappa shape index (κ3) is 2.79. The lowest BCUT2D eigenvalue weighted by Crippen LogP contribution is -2.30. The summed E-state index contributed by atoms with van der Waals surface area (Å²) in [5.74, 6) is 0.470. The molecular formula is C18H18N6O2S. The van der Waals surface area contributed by atoms with Crippen molar-refractivity contribution in [3.8, 4) is 0 Å². The number of imidazole rings is 1. The number of aryl methyl sites for hydroxylation is 1. The van der Waals surface area contributed by atoms with Gasteiger partial charge >= 0.3 is 5.69 Å². The molecule has 0 unspecified atom stereocenters. The van der Waals surface area contributed by atoms with Gasteiger partial charge in [0, 0.05) is 32.0 Å². The van der Waals surface area contributed by atoms with Crippen molar-refractivity contribution in [1.29, 1.82) is 0 Å². The summed E-state index contributed by atoms with van der Waals surface area (Å²) in [6, 6.07) is 6.04. The summed E-state index contributed by atoms with van der Waals surface area (Å²) < 4.78 is 9.93. The number of benzene rings is 1. The van der Waals surface area contributed by atoms with Crippen LogP contribution in [-0.4, -0.2) is 37.3 Å². The highest BCUT2D eigenvalue weighted by molar-refractivity contribution is 7.16. The van der Waals surface area contributed by atoms with Gasteiger partial charge in [-0.15, -0.1) is 11.3 Å². The van der Waals surface area contributed by atoms with E-state index in [1.54, 1.807) is 33.7 Å². The number of nitrogens with one attached hydrogen (secondary N) is 1. The maximum Gasteiger partial charge on any atom is 0.330 e. The molecule has 1 saturated heterocycles. The molecule has 0 saturated carbocycles. The summed E-state index contributed by atoms with van der Waals surface area (Å²) in [6.45, 7) is 1.33. The van der Waals surface area contributed by atoms with Gasteiger partial charge in [-0.2, -0.15) is 4.98 Å². The number of rotatable bonds is 3. The van der Waals surface area contributed by atoms with Crippen LogP contribution in [0.5, 0.6) is 0 Å². The predicted molar refractivity (Wildman–Crippen MR) is 105 cm³/mol. The molecule has 5 rings (SSSR count). The van der Waals surface area contributed by atoms with Gasteiger partial charge in [0.15, 0.2) is 5.65 Å². The van der Waals surface area contributed by atoms with Crippen molar-refractivity contribution in [3.63, 3.8) is 0 Å². The molecule has 1 aromatic carbocycles. The normalized spacial score (nSPS) is 15.6. The highest BCUT2D eigenvalue weighted by atomic mass is 32.1. The van der Waals surface area contributed by atoms with Gasteiger partial charge in [-0.1, -0.05) is 0 Å². The van der Waals surface area contributed by atoms with Gasteiger partial charge in [0.2, 0.25) is 5.95 Å². The van der Waals surface area contributed by atoms with E-state index < -0.39 is 0 Å². The first kappa shape index (κ1) is 16.4. The number of hydrogen-bond donors (Lipinski definition) is 1. The number of nitrogens with zero attached hydrogens (tertiary/aromatic N) is 5. The zero-order chi connectivity index (χ0) is 18.4. The smallest absolute Gasteiger partial charge is 0.330 e. The molecule has 4 aromatic rings. The Balaban J connectivity index is 1.56. The summed E-state index contributed by atoms with van der Waals surface area (Å²) in [7, 11) is 1.76. The molecule has 8 nitrogen and oxygen atoms in total. The summed E-state index contributed by atoms with van der Waals surface area (Å²) in [4.78, 5) is 26.1. The van der Waals surface area contributed by atoms with Crippen LogP contribution in [0.1, 0.15) is 18.9 Å².